The summed E-state index contributed by atoms with van der Waals surface area (Å²) in [5, 5.41) is 14.6. The van der Waals surface area contributed by atoms with Crippen LogP contribution in [-0.2, 0) is 0 Å². The molecule has 0 radical (unpaired) electrons. The van der Waals surface area contributed by atoms with Gasteiger partial charge in [-0.1, -0.05) is 17.7 Å². The lowest BCUT2D eigenvalue weighted by Gasteiger charge is -2.34. The van der Waals surface area contributed by atoms with Crippen molar-refractivity contribution in [1.29, 1.82) is 0 Å². The average molecular weight is 542 g/mol. The van der Waals surface area contributed by atoms with Crippen LogP contribution in [0.3, 0.4) is 0 Å². The lowest BCUT2D eigenvalue weighted by molar-refractivity contribution is 0.107. The summed E-state index contributed by atoms with van der Waals surface area (Å²) in [6, 6.07) is 9.21. The van der Waals surface area contributed by atoms with Crippen LogP contribution >= 0.6 is 11.6 Å². The smallest absolute Gasteiger partial charge is 0.319 e. The van der Waals surface area contributed by atoms with Crippen LogP contribution in [0.1, 0.15) is 32.1 Å². The molecule has 7 rings (SSSR count). The number of alkyl halides is 1. The van der Waals surface area contributed by atoms with Gasteiger partial charge in [-0.15, -0.1) is 0 Å². The predicted molar refractivity (Wildman–Crippen MR) is 142 cm³/mol. The molecular formula is C28H30ClF2N5O2. The summed E-state index contributed by atoms with van der Waals surface area (Å²) < 4.78 is 35.5. The standard InChI is InChI=1S/C28H30ClF2N5O2/c29-21-6-7-23(37)25(31)24(21)16-2-5-20-22(10-16)33-27(34-26(20)35-13-18-3-4-19(14-35)32-18)38-15-28-8-1-9-36(28)12-17(30)11-28/h2,5-7,10,17-19,32,37H,1,3-4,8-9,11-15H2/t17-,18?,19?,28+/m1/s1. The number of hydrogen-bond donors (Lipinski definition) is 2. The van der Waals surface area contributed by atoms with Gasteiger partial charge in [0.25, 0.3) is 0 Å². The number of benzene rings is 2. The van der Waals surface area contributed by atoms with Crippen molar-refractivity contribution in [2.75, 3.05) is 37.7 Å². The van der Waals surface area contributed by atoms with E-state index in [9.17, 15) is 13.9 Å². The van der Waals surface area contributed by atoms with E-state index in [-0.39, 0.29) is 22.1 Å². The van der Waals surface area contributed by atoms with E-state index in [0.29, 0.717) is 42.7 Å². The second kappa shape index (κ2) is 9.17. The molecule has 2 unspecified atom stereocenters. The fourth-order valence-electron chi connectivity index (χ4n) is 6.98. The molecule has 0 saturated carbocycles. The number of aromatic nitrogens is 2. The minimum absolute atomic E-state index is 0.122. The second-order valence-corrected chi connectivity index (χ2v) is 11.6. The molecule has 2 aromatic carbocycles. The number of nitrogens with one attached hydrogen (secondary N) is 1. The van der Waals surface area contributed by atoms with E-state index >= 15 is 0 Å². The topological polar surface area (TPSA) is 73.8 Å². The molecule has 5 heterocycles. The van der Waals surface area contributed by atoms with Crippen molar-refractivity contribution in [3.63, 3.8) is 0 Å². The molecule has 38 heavy (non-hydrogen) atoms. The Labute approximate surface area is 224 Å². The minimum Gasteiger partial charge on any atom is -0.505 e. The van der Waals surface area contributed by atoms with Crippen LogP contribution in [0.5, 0.6) is 11.8 Å². The summed E-state index contributed by atoms with van der Waals surface area (Å²) in [4.78, 5) is 14.1. The van der Waals surface area contributed by atoms with Crippen molar-refractivity contribution < 1.29 is 18.6 Å². The normalized spacial score (nSPS) is 28.8. The molecular weight excluding hydrogens is 512 g/mol. The molecule has 7 nitrogen and oxygen atoms in total. The van der Waals surface area contributed by atoms with Crippen LogP contribution in [0, 0.1) is 5.82 Å². The molecule has 4 atom stereocenters. The van der Waals surface area contributed by atoms with Crippen molar-refractivity contribution in [3.05, 3.63) is 41.2 Å². The number of phenols is 1. The number of piperazine rings is 1. The third-order valence-electron chi connectivity index (χ3n) is 8.76. The molecule has 3 aromatic rings. The SMILES string of the molecule is Oc1ccc(Cl)c(-c2ccc3c(N4CC5CCC(C4)N5)nc(OC[C@@]45CCCN4C[C@H](F)C5)nc3c2)c1F. The maximum absolute atomic E-state index is 14.9. The third-order valence-corrected chi connectivity index (χ3v) is 9.08. The first-order valence-electron chi connectivity index (χ1n) is 13.4. The zero-order chi connectivity index (χ0) is 26.0. The Morgan fingerprint density at radius 1 is 1.13 bits per heavy atom. The molecule has 10 heteroatoms. The van der Waals surface area contributed by atoms with Gasteiger partial charge in [0.1, 0.15) is 18.6 Å². The molecule has 0 aliphatic carbocycles. The highest BCUT2D eigenvalue weighted by Crippen LogP contribution is 2.41. The first-order valence-corrected chi connectivity index (χ1v) is 13.8. The van der Waals surface area contributed by atoms with Gasteiger partial charge in [-0.3, -0.25) is 4.90 Å². The van der Waals surface area contributed by atoms with E-state index < -0.39 is 17.7 Å². The zero-order valence-electron chi connectivity index (χ0n) is 21.0. The number of aromatic hydroxyl groups is 1. The molecule has 0 amide bonds. The lowest BCUT2D eigenvalue weighted by atomic mass is 9.95. The fraction of sp³-hybridized carbons (Fsp3) is 0.500. The number of anilines is 1. The van der Waals surface area contributed by atoms with Crippen molar-refractivity contribution >= 4 is 28.3 Å². The Hall–Kier alpha value is -2.75. The summed E-state index contributed by atoms with van der Waals surface area (Å²) in [6.07, 6.45) is 3.82. The highest BCUT2D eigenvalue weighted by atomic mass is 35.5. The number of ether oxygens (including phenoxy) is 1. The van der Waals surface area contributed by atoms with Gasteiger partial charge in [-0.2, -0.15) is 9.97 Å². The lowest BCUT2D eigenvalue weighted by Crippen LogP contribution is -2.51. The molecule has 200 valence electrons. The summed E-state index contributed by atoms with van der Waals surface area (Å²) in [6.45, 7) is 3.33. The Bertz CT molecular complexity index is 1400. The summed E-state index contributed by atoms with van der Waals surface area (Å²) >= 11 is 6.34. The minimum atomic E-state index is -0.840. The van der Waals surface area contributed by atoms with Crippen molar-refractivity contribution in [1.82, 2.24) is 20.2 Å². The van der Waals surface area contributed by atoms with Crippen molar-refractivity contribution in [3.8, 4) is 22.9 Å². The molecule has 2 N–H and O–H groups in total. The van der Waals surface area contributed by atoms with E-state index in [0.717, 1.165) is 56.5 Å². The highest BCUT2D eigenvalue weighted by molar-refractivity contribution is 6.33. The van der Waals surface area contributed by atoms with E-state index in [1.807, 2.05) is 6.07 Å². The number of rotatable bonds is 5. The molecule has 4 aliphatic rings. The van der Waals surface area contributed by atoms with Gasteiger partial charge < -0.3 is 20.1 Å². The molecule has 4 aliphatic heterocycles. The van der Waals surface area contributed by atoms with E-state index in [4.69, 9.17) is 26.3 Å². The summed E-state index contributed by atoms with van der Waals surface area (Å²) in [5.41, 5.74) is 0.912. The van der Waals surface area contributed by atoms with E-state index in [2.05, 4.69) is 15.1 Å². The number of hydrogen-bond acceptors (Lipinski definition) is 7. The summed E-state index contributed by atoms with van der Waals surface area (Å²) in [5.74, 6) is -0.451. The third kappa shape index (κ3) is 4.06. The second-order valence-electron chi connectivity index (χ2n) is 11.2. The first-order chi connectivity index (χ1) is 18.4. The fourth-order valence-corrected chi connectivity index (χ4v) is 7.23. The van der Waals surface area contributed by atoms with Gasteiger partial charge in [0.2, 0.25) is 0 Å². The van der Waals surface area contributed by atoms with Gasteiger partial charge in [0.05, 0.1) is 16.1 Å². The Kier molecular flexibility index (Phi) is 5.87. The van der Waals surface area contributed by atoms with Crippen LogP contribution in [0.15, 0.2) is 30.3 Å². The maximum atomic E-state index is 14.9. The van der Waals surface area contributed by atoms with Gasteiger partial charge in [-0.05, 0) is 62.1 Å². The zero-order valence-corrected chi connectivity index (χ0v) is 21.7. The Morgan fingerprint density at radius 2 is 1.95 bits per heavy atom. The highest BCUT2D eigenvalue weighted by Gasteiger charge is 2.49. The van der Waals surface area contributed by atoms with Crippen LogP contribution in [-0.4, -0.2) is 76.6 Å². The monoisotopic (exact) mass is 541 g/mol. The Morgan fingerprint density at radius 3 is 2.76 bits per heavy atom. The predicted octanol–water partition coefficient (Wildman–Crippen LogP) is 4.69. The Balaban J connectivity index is 1.29. The number of nitrogens with zero attached hydrogens (tertiary/aromatic N) is 4. The van der Waals surface area contributed by atoms with Crippen LogP contribution in [0.4, 0.5) is 14.6 Å². The van der Waals surface area contributed by atoms with E-state index in [1.165, 1.54) is 12.1 Å². The summed E-state index contributed by atoms with van der Waals surface area (Å²) in [7, 11) is 0. The van der Waals surface area contributed by atoms with Gasteiger partial charge in [0, 0.05) is 49.1 Å². The van der Waals surface area contributed by atoms with Crippen molar-refractivity contribution in [2.45, 2.75) is 55.9 Å². The molecule has 4 fully saturated rings. The van der Waals surface area contributed by atoms with Crippen LogP contribution < -0.4 is 15.0 Å². The quantitative estimate of drug-likeness (QED) is 0.485. The van der Waals surface area contributed by atoms with E-state index in [1.54, 1.807) is 12.1 Å². The number of halogens is 3. The van der Waals surface area contributed by atoms with Gasteiger partial charge >= 0.3 is 6.01 Å². The first kappa shape index (κ1) is 24.3. The number of fused-ring (bicyclic) bond motifs is 4. The van der Waals surface area contributed by atoms with Gasteiger partial charge in [-0.25, -0.2) is 8.78 Å². The van der Waals surface area contributed by atoms with Crippen molar-refractivity contribution in [2.24, 2.45) is 0 Å². The maximum Gasteiger partial charge on any atom is 0.319 e. The largest absolute Gasteiger partial charge is 0.505 e. The molecule has 4 saturated heterocycles. The van der Waals surface area contributed by atoms with Crippen LogP contribution in [0.25, 0.3) is 22.0 Å². The van der Waals surface area contributed by atoms with Gasteiger partial charge in [0.15, 0.2) is 11.6 Å². The number of phenolic OH excluding ortho intramolecular Hbond substituents is 1. The van der Waals surface area contributed by atoms with Crippen LogP contribution in [0.2, 0.25) is 5.02 Å². The molecule has 2 bridgehead atoms. The average Bonchev–Trinajstić information content (AvgIpc) is 3.55. The molecule has 1 aromatic heterocycles. The molecule has 0 spiro atoms.